The second-order valence-corrected chi connectivity index (χ2v) is 10.4. The zero-order valence-corrected chi connectivity index (χ0v) is 21.8. The number of amides is 1. The Kier molecular flexibility index (Phi) is 7.72. The van der Waals surface area contributed by atoms with E-state index < -0.39 is 18.1 Å². The van der Waals surface area contributed by atoms with Crippen molar-refractivity contribution in [3.8, 4) is 16.8 Å². The number of halogens is 3. The van der Waals surface area contributed by atoms with E-state index in [1.165, 1.54) is 26.4 Å². The van der Waals surface area contributed by atoms with Crippen molar-refractivity contribution in [2.75, 3.05) is 20.2 Å². The fraction of sp³-hybridized carbons (Fsp3) is 0.448. The minimum atomic E-state index is -4.84. The summed E-state index contributed by atoms with van der Waals surface area (Å²) < 4.78 is 44.9. The van der Waals surface area contributed by atoms with Gasteiger partial charge >= 0.3 is 18.1 Å². The standard InChI is InChI=1S/C29H31F3N4O3/c1-39-27(37)24-15-23(16-25(17-24)36-18-26(33-34-36)22-5-3-2-4-6-22)20-9-7-19(8-10-20)21-11-13-35(14-12-21)28(38)29(30,31)32/h7-10,15-18,21-22H,2-6,11-14H2,1H3. The molecule has 0 unspecified atom stereocenters. The van der Waals surface area contributed by atoms with Gasteiger partial charge in [-0.15, -0.1) is 5.10 Å². The predicted molar refractivity (Wildman–Crippen MR) is 139 cm³/mol. The lowest BCUT2D eigenvalue weighted by atomic mass is 9.87. The summed E-state index contributed by atoms with van der Waals surface area (Å²) in [5, 5.41) is 8.76. The largest absolute Gasteiger partial charge is 0.471 e. The molecule has 7 nitrogen and oxygen atoms in total. The van der Waals surface area contributed by atoms with Gasteiger partial charge in [-0.2, -0.15) is 13.2 Å². The molecule has 1 aromatic heterocycles. The van der Waals surface area contributed by atoms with Gasteiger partial charge in [-0.3, -0.25) is 4.79 Å². The Hall–Kier alpha value is -3.69. The zero-order valence-electron chi connectivity index (χ0n) is 21.8. The SMILES string of the molecule is COC(=O)c1cc(-c2ccc(C3CCN(C(=O)C(F)(F)F)CC3)cc2)cc(-n2cc(C3CCCCC3)nn2)c1. The van der Waals surface area contributed by atoms with Crippen LogP contribution in [0, 0.1) is 0 Å². The summed E-state index contributed by atoms with van der Waals surface area (Å²) in [7, 11) is 1.34. The first kappa shape index (κ1) is 26.9. The van der Waals surface area contributed by atoms with E-state index in [-0.39, 0.29) is 19.0 Å². The minimum absolute atomic E-state index is 0.0710. The van der Waals surface area contributed by atoms with Crippen LogP contribution < -0.4 is 0 Å². The third-order valence-corrected chi connectivity index (χ3v) is 7.88. The van der Waals surface area contributed by atoms with Crippen molar-refractivity contribution in [1.82, 2.24) is 19.9 Å². The summed E-state index contributed by atoms with van der Waals surface area (Å²) in [4.78, 5) is 24.9. The number of carbonyl (C=O) groups is 2. The van der Waals surface area contributed by atoms with E-state index in [1.807, 2.05) is 36.5 Å². The molecule has 5 rings (SSSR count). The molecule has 2 aromatic carbocycles. The Morgan fingerprint density at radius 1 is 0.897 bits per heavy atom. The molecule has 1 aliphatic heterocycles. The van der Waals surface area contributed by atoms with Crippen molar-refractivity contribution in [3.05, 3.63) is 65.5 Å². The Morgan fingerprint density at radius 2 is 1.59 bits per heavy atom. The first-order chi connectivity index (χ1) is 18.7. The van der Waals surface area contributed by atoms with Crippen LogP contribution in [0.25, 0.3) is 16.8 Å². The Labute approximate surface area is 224 Å². The smallest absolute Gasteiger partial charge is 0.465 e. The van der Waals surface area contributed by atoms with E-state index in [4.69, 9.17) is 4.74 Å². The number of rotatable bonds is 5. The molecule has 10 heteroatoms. The summed E-state index contributed by atoms with van der Waals surface area (Å²) in [6.45, 7) is 0.159. The first-order valence-electron chi connectivity index (χ1n) is 13.4. The molecule has 0 radical (unpaired) electrons. The van der Waals surface area contributed by atoms with Gasteiger partial charge in [0.1, 0.15) is 0 Å². The summed E-state index contributed by atoms with van der Waals surface area (Å²) in [6.07, 6.45) is 3.90. The van der Waals surface area contributed by atoms with Crippen molar-refractivity contribution in [2.24, 2.45) is 0 Å². The highest BCUT2D eigenvalue weighted by Crippen LogP contribution is 2.34. The van der Waals surface area contributed by atoms with Crippen molar-refractivity contribution >= 4 is 11.9 Å². The van der Waals surface area contributed by atoms with Crippen LogP contribution in [0.3, 0.4) is 0 Å². The molecule has 1 amide bonds. The van der Waals surface area contributed by atoms with Crippen LogP contribution in [-0.4, -0.2) is 58.1 Å². The van der Waals surface area contributed by atoms with Crippen LogP contribution in [0.4, 0.5) is 13.2 Å². The van der Waals surface area contributed by atoms with Gasteiger partial charge in [0.05, 0.1) is 30.3 Å². The number of carbonyl (C=O) groups excluding carboxylic acids is 2. The molecule has 2 aliphatic rings. The molecule has 0 atom stereocenters. The van der Waals surface area contributed by atoms with E-state index >= 15 is 0 Å². The van der Waals surface area contributed by atoms with Gasteiger partial charge < -0.3 is 9.64 Å². The van der Waals surface area contributed by atoms with E-state index in [1.54, 1.807) is 16.8 Å². The normalized spacial score (nSPS) is 17.3. The average molecular weight is 541 g/mol. The molecule has 1 saturated heterocycles. The quantitative estimate of drug-likeness (QED) is 0.369. The van der Waals surface area contributed by atoms with Gasteiger partial charge in [0.2, 0.25) is 0 Å². The number of hydrogen-bond acceptors (Lipinski definition) is 5. The molecule has 1 aliphatic carbocycles. The maximum Gasteiger partial charge on any atom is 0.471 e. The number of aromatic nitrogens is 3. The third kappa shape index (κ3) is 5.99. The molecule has 39 heavy (non-hydrogen) atoms. The number of esters is 1. The Balaban J connectivity index is 1.36. The van der Waals surface area contributed by atoms with E-state index in [2.05, 4.69) is 10.3 Å². The van der Waals surface area contributed by atoms with Gasteiger partial charge in [0.15, 0.2) is 0 Å². The van der Waals surface area contributed by atoms with Gasteiger partial charge in [-0.1, -0.05) is 48.7 Å². The Morgan fingerprint density at radius 3 is 2.23 bits per heavy atom. The fourth-order valence-corrected chi connectivity index (χ4v) is 5.68. The second-order valence-electron chi connectivity index (χ2n) is 10.4. The fourth-order valence-electron chi connectivity index (χ4n) is 5.68. The third-order valence-electron chi connectivity index (χ3n) is 7.88. The molecule has 1 saturated carbocycles. The van der Waals surface area contributed by atoms with E-state index in [0.717, 1.165) is 40.1 Å². The van der Waals surface area contributed by atoms with Crippen molar-refractivity contribution in [1.29, 1.82) is 0 Å². The van der Waals surface area contributed by atoms with Crippen LogP contribution in [0.5, 0.6) is 0 Å². The summed E-state index contributed by atoms with van der Waals surface area (Å²) in [6, 6.07) is 13.3. The summed E-state index contributed by atoms with van der Waals surface area (Å²) >= 11 is 0. The van der Waals surface area contributed by atoms with Crippen LogP contribution in [0.1, 0.15) is 78.4 Å². The van der Waals surface area contributed by atoms with Crippen LogP contribution in [0.15, 0.2) is 48.7 Å². The van der Waals surface area contributed by atoms with Crippen LogP contribution in [0.2, 0.25) is 0 Å². The molecule has 206 valence electrons. The van der Waals surface area contributed by atoms with Gasteiger partial charge in [-0.05, 0) is 66.5 Å². The van der Waals surface area contributed by atoms with Gasteiger partial charge in [0, 0.05) is 19.0 Å². The van der Waals surface area contributed by atoms with Crippen LogP contribution >= 0.6 is 0 Å². The van der Waals surface area contributed by atoms with Crippen LogP contribution in [-0.2, 0) is 9.53 Å². The number of benzene rings is 2. The number of hydrogen-bond donors (Lipinski definition) is 0. The first-order valence-corrected chi connectivity index (χ1v) is 13.4. The monoisotopic (exact) mass is 540 g/mol. The molecular formula is C29H31F3N4O3. The van der Waals surface area contributed by atoms with Crippen molar-refractivity contribution < 1.29 is 27.5 Å². The maximum absolute atomic E-state index is 12.8. The number of piperidine rings is 1. The lowest BCUT2D eigenvalue weighted by Gasteiger charge is -2.32. The molecular weight excluding hydrogens is 509 g/mol. The van der Waals surface area contributed by atoms with Crippen molar-refractivity contribution in [3.63, 3.8) is 0 Å². The highest BCUT2D eigenvalue weighted by molar-refractivity contribution is 5.92. The van der Waals surface area contributed by atoms with E-state index in [0.29, 0.717) is 30.0 Å². The lowest BCUT2D eigenvalue weighted by Crippen LogP contribution is -2.45. The highest BCUT2D eigenvalue weighted by atomic mass is 19.4. The van der Waals surface area contributed by atoms with E-state index in [9.17, 15) is 22.8 Å². The molecule has 0 N–H and O–H groups in total. The molecule has 0 bridgehead atoms. The molecule has 0 spiro atoms. The molecule has 2 heterocycles. The summed E-state index contributed by atoms with van der Waals surface area (Å²) in [5.74, 6) is -1.75. The lowest BCUT2D eigenvalue weighted by molar-refractivity contribution is -0.186. The average Bonchev–Trinajstić information content (AvgIpc) is 3.47. The minimum Gasteiger partial charge on any atom is -0.465 e. The maximum atomic E-state index is 12.8. The second kappa shape index (κ2) is 11.2. The predicted octanol–water partition coefficient (Wildman–Crippen LogP) is 6.04. The van der Waals surface area contributed by atoms with Gasteiger partial charge in [-0.25, -0.2) is 9.48 Å². The molecule has 2 fully saturated rings. The zero-order chi connectivity index (χ0) is 27.6. The number of methoxy groups -OCH3 is 1. The number of likely N-dealkylation sites (tertiary alicyclic amines) is 1. The Bertz CT molecular complexity index is 1320. The number of nitrogens with zero attached hydrogens (tertiary/aromatic N) is 4. The highest BCUT2D eigenvalue weighted by Gasteiger charge is 2.43. The topological polar surface area (TPSA) is 77.3 Å². The van der Waals surface area contributed by atoms with Crippen molar-refractivity contribution in [2.45, 2.75) is 63.0 Å². The van der Waals surface area contributed by atoms with Gasteiger partial charge in [0.25, 0.3) is 0 Å². The number of ether oxygens (including phenoxy) is 1. The molecule has 3 aromatic rings. The number of alkyl halides is 3. The summed E-state index contributed by atoms with van der Waals surface area (Å²) in [5.41, 5.74) is 4.75.